The molecule has 7 heteroatoms. The summed E-state index contributed by atoms with van der Waals surface area (Å²) in [4.78, 5) is 24.5. The molecule has 1 aliphatic rings. The summed E-state index contributed by atoms with van der Waals surface area (Å²) in [5.41, 5.74) is 9.83. The average molecular weight is 269 g/mol. The van der Waals surface area contributed by atoms with Gasteiger partial charge >= 0.3 is 0 Å². The molecule has 0 aromatic heterocycles. The van der Waals surface area contributed by atoms with Gasteiger partial charge in [-0.3, -0.25) is 9.59 Å². The number of primary amides is 1. The normalized spacial score (nSPS) is 18.6. The van der Waals surface area contributed by atoms with Crippen molar-refractivity contribution in [3.63, 3.8) is 0 Å². The number of hydrogen-bond acceptors (Lipinski definition) is 3. The number of nitrogens with two attached hydrogens (primary N) is 2. The van der Waals surface area contributed by atoms with Gasteiger partial charge in [-0.15, -0.1) is 0 Å². The van der Waals surface area contributed by atoms with Gasteiger partial charge in [-0.1, -0.05) is 0 Å². The minimum atomic E-state index is -1.01. The molecule has 0 saturated carbocycles. The summed E-state index contributed by atoms with van der Waals surface area (Å²) >= 11 is 0. The summed E-state index contributed by atoms with van der Waals surface area (Å²) in [6.45, 7) is 0.309. The van der Waals surface area contributed by atoms with Crippen molar-refractivity contribution in [2.45, 2.75) is 18.9 Å². The number of rotatable bonds is 2. The SMILES string of the molecule is NC(=O)C1CCCN1C(=O)c1cc(N)c(F)cc1F. The molecule has 0 spiro atoms. The van der Waals surface area contributed by atoms with Gasteiger partial charge in [-0.25, -0.2) is 8.78 Å². The van der Waals surface area contributed by atoms with Crippen LogP contribution in [0, 0.1) is 11.6 Å². The zero-order chi connectivity index (χ0) is 14.2. The minimum Gasteiger partial charge on any atom is -0.396 e. The van der Waals surface area contributed by atoms with E-state index in [4.69, 9.17) is 11.5 Å². The van der Waals surface area contributed by atoms with Crippen molar-refractivity contribution < 1.29 is 18.4 Å². The first kappa shape index (κ1) is 13.3. The largest absolute Gasteiger partial charge is 0.396 e. The molecule has 19 heavy (non-hydrogen) atoms. The molecule has 4 N–H and O–H groups in total. The first-order valence-corrected chi connectivity index (χ1v) is 5.76. The van der Waals surface area contributed by atoms with Crippen molar-refractivity contribution in [2.75, 3.05) is 12.3 Å². The van der Waals surface area contributed by atoms with Crippen LogP contribution in [0.4, 0.5) is 14.5 Å². The van der Waals surface area contributed by atoms with Crippen molar-refractivity contribution in [1.29, 1.82) is 0 Å². The lowest BCUT2D eigenvalue weighted by Gasteiger charge is -2.22. The van der Waals surface area contributed by atoms with Gasteiger partial charge in [-0.05, 0) is 18.9 Å². The van der Waals surface area contributed by atoms with E-state index < -0.39 is 29.5 Å². The third kappa shape index (κ3) is 2.35. The highest BCUT2D eigenvalue weighted by atomic mass is 19.1. The summed E-state index contributed by atoms with van der Waals surface area (Å²) in [7, 11) is 0. The Bertz CT molecular complexity index is 548. The van der Waals surface area contributed by atoms with Crippen molar-refractivity contribution in [1.82, 2.24) is 4.90 Å². The lowest BCUT2D eigenvalue weighted by Crippen LogP contribution is -2.44. The van der Waals surface area contributed by atoms with Crippen molar-refractivity contribution >= 4 is 17.5 Å². The molecule has 2 rings (SSSR count). The number of carbonyl (C=O) groups excluding carboxylic acids is 2. The number of benzene rings is 1. The molecule has 1 aliphatic heterocycles. The second kappa shape index (κ2) is 4.83. The van der Waals surface area contributed by atoms with E-state index in [-0.39, 0.29) is 11.3 Å². The molecule has 5 nitrogen and oxygen atoms in total. The smallest absolute Gasteiger partial charge is 0.257 e. The summed E-state index contributed by atoms with van der Waals surface area (Å²) in [5, 5.41) is 0. The standard InChI is InChI=1S/C12H13F2N3O2/c13-7-5-8(14)9(15)4-6(7)12(19)17-3-1-2-10(17)11(16)18/h4-5,10H,1-3,15H2,(H2,16,18). The van der Waals surface area contributed by atoms with Crippen LogP contribution in [0.1, 0.15) is 23.2 Å². The third-order valence-corrected chi connectivity index (χ3v) is 3.16. The van der Waals surface area contributed by atoms with Crippen LogP contribution in [-0.2, 0) is 4.79 Å². The Balaban J connectivity index is 2.34. The Kier molecular flexibility index (Phi) is 3.37. The van der Waals surface area contributed by atoms with Gasteiger partial charge in [0.1, 0.15) is 17.7 Å². The first-order valence-electron chi connectivity index (χ1n) is 5.76. The van der Waals surface area contributed by atoms with Crippen molar-refractivity contribution in [3.05, 3.63) is 29.3 Å². The predicted octanol–water partition coefficient (Wildman–Crippen LogP) is 0.637. The molecule has 1 aromatic rings. The van der Waals surface area contributed by atoms with Crippen LogP contribution >= 0.6 is 0 Å². The molecule has 2 amide bonds. The number of nitrogens with zero attached hydrogens (tertiary/aromatic N) is 1. The molecular weight excluding hydrogens is 256 g/mol. The van der Waals surface area contributed by atoms with E-state index in [1.54, 1.807) is 0 Å². The Labute approximate surface area is 108 Å². The zero-order valence-corrected chi connectivity index (χ0v) is 10.0. The fraction of sp³-hybridized carbons (Fsp3) is 0.333. The molecule has 0 radical (unpaired) electrons. The topological polar surface area (TPSA) is 89.4 Å². The number of likely N-dealkylation sites (tertiary alicyclic amines) is 1. The summed E-state index contributed by atoms with van der Waals surface area (Å²) < 4.78 is 26.6. The quantitative estimate of drug-likeness (QED) is 0.772. The third-order valence-electron chi connectivity index (χ3n) is 3.16. The van der Waals surface area contributed by atoms with Crippen LogP contribution in [0.2, 0.25) is 0 Å². The Hall–Kier alpha value is -2.18. The maximum atomic E-state index is 13.6. The zero-order valence-electron chi connectivity index (χ0n) is 10.0. The molecule has 0 aliphatic carbocycles. The van der Waals surface area contributed by atoms with Gasteiger partial charge in [0.25, 0.3) is 5.91 Å². The summed E-state index contributed by atoms with van der Waals surface area (Å²) in [6.07, 6.45) is 1.05. The Morgan fingerprint density at radius 2 is 1.95 bits per heavy atom. The maximum absolute atomic E-state index is 13.6. The first-order chi connectivity index (χ1) is 8.91. The molecule has 102 valence electrons. The molecule has 1 fully saturated rings. The van der Waals surface area contributed by atoms with Gasteiger partial charge in [0, 0.05) is 12.6 Å². The highest BCUT2D eigenvalue weighted by molar-refractivity contribution is 5.98. The average Bonchev–Trinajstić information content (AvgIpc) is 2.82. The van der Waals surface area contributed by atoms with E-state index in [2.05, 4.69) is 0 Å². The molecular formula is C12H13F2N3O2. The van der Waals surface area contributed by atoms with Crippen LogP contribution in [-0.4, -0.2) is 29.3 Å². The van der Waals surface area contributed by atoms with E-state index >= 15 is 0 Å². The second-order valence-electron chi connectivity index (χ2n) is 4.41. The van der Waals surface area contributed by atoms with Crippen LogP contribution in [0.25, 0.3) is 0 Å². The van der Waals surface area contributed by atoms with Gasteiger partial charge in [0.2, 0.25) is 5.91 Å². The molecule has 0 bridgehead atoms. The number of nitrogen functional groups attached to an aromatic ring is 1. The molecule has 1 unspecified atom stereocenters. The monoisotopic (exact) mass is 269 g/mol. The van der Waals surface area contributed by atoms with Gasteiger partial charge < -0.3 is 16.4 Å². The van der Waals surface area contributed by atoms with Crippen molar-refractivity contribution in [2.24, 2.45) is 5.73 Å². The van der Waals surface area contributed by atoms with Crippen LogP contribution in [0.5, 0.6) is 0 Å². The lowest BCUT2D eigenvalue weighted by atomic mass is 10.1. The minimum absolute atomic E-state index is 0.309. The predicted molar refractivity (Wildman–Crippen MR) is 64.0 cm³/mol. The summed E-state index contributed by atoms with van der Waals surface area (Å²) in [5.74, 6) is -3.28. The summed E-state index contributed by atoms with van der Waals surface area (Å²) in [6, 6.07) is 0.736. The Morgan fingerprint density at radius 3 is 2.58 bits per heavy atom. The molecule has 1 heterocycles. The van der Waals surface area contributed by atoms with E-state index in [1.165, 1.54) is 4.90 Å². The van der Waals surface area contributed by atoms with E-state index in [1.807, 2.05) is 0 Å². The highest BCUT2D eigenvalue weighted by Gasteiger charge is 2.34. The number of amides is 2. The fourth-order valence-electron chi connectivity index (χ4n) is 2.19. The van der Waals surface area contributed by atoms with Crippen LogP contribution < -0.4 is 11.5 Å². The molecule has 1 saturated heterocycles. The highest BCUT2D eigenvalue weighted by Crippen LogP contribution is 2.23. The van der Waals surface area contributed by atoms with Gasteiger partial charge in [-0.2, -0.15) is 0 Å². The number of halogens is 2. The van der Waals surface area contributed by atoms with Crippen LogP contribution in [0.3, 0.4) is 0 Å². The van der Waals surface area contributed by atoms with E-state index in [0.717, 1.165) is 6.07 Å². The van der Waals surface area contributed by atoms with Crippen LogP contribution in [0.15, 0.2) is 12.1 Å². The Morgan fingerprint density at radius 1 is 1.26 bits per heavy atom. The second-order valence-corrected chi connectivity index (χ2v) is 4.41. The number of anilines is 1. The van der Waals surface area contributed by atoms with Gasteiger partial charge in [0.05, 0.1) is 11.3 Å². The van der Waals surface area contributed by atoms with E-state index in [9.17, 15) is 18.4 Å². The van der Waals surface area contributed by atoms with E-state index in [0.29, 0.717) is 25.5 Å². The van der Waals surface area contributed by atoms with Crippen molar-refractivity contribution in [3.8, 4) is 0 Å². The number of hydrogen-bond donors (Lipinski definition) is 2. The van der Waals surface area contributed by atoms with Gasteiger partial charge in [0.15, 0.2) is 0 Å². The lowest BCUT2D eigenvalue weighted by molar-refractivity contribution is -0.121. The number of carbonyl (C=O) groups is 2. The molecule has 1 aromatic carbocycles. The maximum Gasteiger partial charge on any atom is 0.257 e. The molecule has 1 atom stereocenters. The fourth-order valence-corrected chi connectivity index (χ4v) is 2.19.